The number of likely N-dealkylation sites (N-methyl/N-ethyl adjacent to an activating group) is 1. The van der Waals surface area contributed by atoms with Crippen LogP contribution < -0.4 is 5.32 Å². The summed E-state index contributed by atoms with van der Waals surface area (Å²) in [5, 5.41) is 12.1. The van der Waals surface area contributed by atoms with Crippen LogP contribution in [0.2, 0.25) is 0 Å². The zero-order valence-corrected chi connectivity index (χ0v) is 21.6. The Labute approximate surface area is 199 Å². The molecule has 2 N–H and O–H groups in total. The Morgan fingerprint density at radius 2 is 1.12 bits per heavy atom. The molecule has 0 aliphatic heterocycles. The molecule has 0 unspecified atom stereocenters. The first kappa shape index (κ1) is 30.9. The number of aliphatic carboxylic acids is 1. The number of hydrogen-bond acceptors (Lipinski definition) is 3. The van der Waals surface area contributed by atoms with Crippen molar-refractivity contribution in [1.29, 1.82) is 0 Å². The van der Waals surface area contributed by atoms with Crippen molar-refractivity contribution in [2.24, 2.45) is 0 Å². The summed E-state index contributed by atoms with van der Waals surface area (Å²) in [5.74, 6) is -0.639. The highest BCUT2D eigenvalue weighted by molar-refractivity contribution is 5.75. The lowest BCUT2D eigenvalue weighted by atomic mass is 10.0. The average molecular weight is 455 g/mol. The monoisotopic (exact) mass is 454 g/mol. The van der Waals surface area contributed by atoms with Crippen molar-refractivity contribution in [3.05, 3.63) is 0 Å². The molecule has 0 aromatic rings. The van der Waals surface area contributed by atoms with E-state index in [-0.39, 0.29) is 5.91 Å². The maximum absolute atomic E-state index is 11.9. The first-order valence-electron chi connectivity index (χ1n) is 13.6. The van der Waals surface area contributed by atoms with Gasteiger partial charge in [-0.1, -0.05) is 103 Å². The summed E-state index contributed by atoms with van der Waals surface area (Å²) in [4.78, 5) is 24.8. The van der Waals surface area contributed by atoms with Gasteiger partial charge in [0, 0.05) is 13.0 Å². The molecule has 1 amide bonds. The fourth-order valence-corrected chi connectivity index (χ4v) is 4.22. The molecule has 0 aromatic heterocycles. The van der Waals surface area contributed by atoms with E-state index in [1.165, 1.54) is 89.9 Å². The van der Waals surface area contributed by atoms with E-state index in [1.54, 1.807) is 19.0 Å². The molecular formula is C27H54N2O3. The summed E-state index contributed by atoms with van der Waals surface area (Å²) < 4.78 is 0. The highest BCUT2D eigenvalue weighted by Gasteiger charge is 2.18. The van der Waals surface area contributed by atoms with Crippen molar-refractivity contribution in [3.8, 4) is 0 Å². The van der Waals surface area contributed by atoms with Gasteiger partial charge in [0.25, 0.3) is 0 Å². The Hall–Kier alpha value is -1.10. The first-order chi connectivity index (χ1) is 15.5. The number of carbonyl (C=O) groups is 2. The summed E-state index contributed by atoms with van der Waals surface area (Å²) in [6, 6.07) is -0.434. The van der Waals surface area contributed by atoms with Crippen molar-refractivity contribution in [2.45, 2.75) is 141 Å². The Bertz CT molecular complexity index is 441. The van der Waals surface area contributed by atoms with Crippen LogP contribution in [-0.4, -0.2) is 48.6 Å². The van der Waals surface area contributed by atoms with E-state index in [2.05, 4.69) is 12.2 Å². The SMILES string of the molecule is CCCCCCCCCCCCCCCCCCC(=O)NCCCC[C@@H](C(=O)O)N(C)C. The molecule has 0 saturated carbocycles. The molecule has 0 fully saturated rings. The van der Waals surface area contributed by atoms with E-state index in [0.717, 1.165) is 25.7 Å². The minimum atomic E-state index is -0.775. The molecule has 32 heavy (non-hydrogen) atoms. The van der Waals surface area contributed by atoms with Crippen LogP contribution >= 0.6 is 0 Å². The molecule has 0 spiro atoms. The molecule has 0 aliphatic rings. The zero-order valence-electron chi connectivity index (χ0n) is 21.6. The summed E-state index contributed by atoms with van der Waals surface area (Å²) in [5.41, 5.74) is 0. The van der Waals surface area contributed by atoms with E-state index in [4.69, 9.17) is 5.11 Å². The first-order valence-corrected chi connectivity index (χ1v) is 13.6. The van der Waals surface area contributed by atoms with Gasteiger partial charge in [-0.25, -0.2) is 0 Å². The summed E-state index contributed by atoms with van der Waals surface area (Å²) in [6.07, 6.45) is 24.4. The van der Waals surface area contributed by atoms with Gasteiger partial charge in [-0.05, 0) is 39.8 Å². The number of nitrogens with one attached hydrogen (secondary N) is 1. The van der Waals surface area contributed by atoms with Crippen molar-refractivity contribution < 1.29 is 14.7 Å². The molecule has 0 rings (SSSR count). The fourth-order valence-electron chi connectivity index (χ4n) is 4.22. The largest absolute Gasteiger partial charge is 0.480 e. The highest BCUT2D eigenvalue weighted by Crippen LogP contribution is 2.14. The average Bonchev–Trinajstić information content (AvgIpc) is 2.75. The normalized spacial score (nSPS) is 12.2. The van der Waals surface area contributed by atoms with Gasteiger partial charge < -0.3 is 10.4 Å². The molecule has 0 heterocycles. The number of amides is 1. The number of rotatable bonds is 24. The second-order valence-corrected chi connectivity index (χ2v) is 9.72. The molecule has 0 aliphatic carbocycles. The van der Waals surface area contributed by atoms with Crippen LogP contribution in [0, 0.1) is 0 Å². The van der Waals surface area contributed by atoms with E-state index < -0.39 is 12.0 Å². The lowest BCUT2D eigenvalue weighted by Gasteiger charge is -2.19. The quantitative estimate of drug-likeness (QED) is 0.155. The van der Waals surface area contributed by atoms with E-state index in [1.807, 2.05) is 0 Å². The Morgan fingerprint density at radius 1 is 0.688 bits per heavy atom. The number of carboxylic acid groups (broad SMARTS) is 1. The number of nitrogens with zero attached hydrogens (tertiary/aromatic N) is 1. The second kappa shape index (κ2) is 23.1. The molecular weight excluding hydrogens is 400 g/mol. The van der Waals surface area contributed by atoms with Crippen LogP contribution in [0.5, 0.6) is 0 Å². The maximum Gasteiger partial charge on any atom is 0.320 e. The Morgan fingerprint density at radius 3 is 1.53 bits per heavy atom. The molecule has 1 atom stereocenters. The van der Waals surface area contributed by atoms with Gasteiger partial charge in [0.2, 0.25) is 5.91 Å². The lowest BCUT2D eigenvalue weighted by Crippen LogP contribution is -2.35. The third-order valence-corrected chi connectivity index (χ3v) is 6.39. The third kappa shape index (κ3) is 20.8. The topological polar surface area (TPSA) is 69.6 Å². The van der Waals surface area contributed by atoms with Gasteiger partial charge in [-0.15, -0.1) is 0 Å². The number of carbonyl (C=O) groups excluding carboxylic acids is 1. The van der Waals surface area contributed by atoms with Gasteiger partial charge in [0.1, 0.15) is 6.04 Å². The van der Waals surface area contributed by atoms with Crippen molar-refractivity contribution >= 4 is 11.9 Å². The van der Waals surface area contributed by atoms with Crippen molar-refractivity contribution in [2.75, 3.05) is 20.6 Å². The third-order valence-electron chi connectivity index (χ3n) is 6.39. The van der Waals surface area contributed by atoms with Crippen LogP contribution in [-0.2, 0) is 9.59 Å². The second-order valence-electron chi connectivity index (χ2n) is 9.72. The molecule has 0 bridgehead atoms. The van der Waals surface area contributed by atoms with Gasteiger partial charge >= 0.3 is 5.97 Å². The fraction of sp³-hybridized carbons (Fsp3) is 0.926. The van der Waals surface area contributed by atoms with Crippen LogP contribution in [0.1, 0.15) is 135 Å². The summed E-state index contributed by atoms with van der Waals surface area (Å²) in [6.45, 7) is 2.93. The highest BCUT2D eigenvalue weighted by atomic mass is 16.4. The molecule has 5 heteroatoms. The number of carboxylic acids is 1. The van der Waals surface area contributed by atoms with Crippen LogP contribution in [0.25, 0.3) is 0 Å². The van der Waals surface area contributed by atoms with Gasteiger partial charge in [0.15, 0.2) is 0 Å². The van der Waals surface area contributed by atoms with E-state index in [0.29, 0.717) is 19.4 Å². The smallest absolute Gasteiger partial charge is 0.320 e. The zero-order chi connectivity index (χ0) is 23.9. The molecule has 5 nitrogen and oxygen atoms in total. The molecule has 0 radical (unpaired) electrons. The summed E-state index contributed by atoms with van der Waals surface area (Å²) >= 11 is 0. The minimum absolute atomic E-state index is 0.137. The lowest BCUT2D eigenvalue weighted by molar-refractivity contribution is -0.142. The van der Waals surface area contributed by atoms with Gasteiger partial charge in [0.05, 0.1) is 0 Å². The predicted octanol–water partition coefficient (Wildman–Crippen LogP) is 6.94. The Kier molecular flexibility index (Phi) is 22.3. The van der Waals surface area contributed by atoms with Crippen molar-refractivity contribution in [3.63, 3.8) is 0 Å². The van der Waals surface area contributed by atoms with Crippen LogP contribution in [0.3, 0.4) is 0 Å². The van der Waals surface area contributed by atoms with Crippen LogP contribution in [0.4, 0.5) is 0 Å². The molecule has 0 saturated heterocycles. The number of unbranched alkanes of at least 4 members (excludes halogenated alkanes) is 16. The van der Waals surface area contributed by atoms with Crippen LogP contribution in [0.15, 0.2) is 0 Å². The maximum atomic E-state index is 11.9. The Balaban J connectivity index is 3.30. The predicted molar refractivity (Wildman–Crippen MR) is 136 cm³/mol. The minimum Gasteiger partial charge on any atom is -0.480 e. The van der Waals surface area contributed by atoms with Crippen molar-refractivity contribution in [1.82, 2.24) is 10.2 Å². The molecule has 0 aromatic carbocycles. The van der Waals surface area contributed by atoms with Gasteiger partial charge in [-0.3, -0.25) is 14.5 Å². The van der Waals surface area contributed by atoms with E-state index >= 15 is 0 Å². The van der Waals surface area contributed by atoms with E-state index in [9.17, 15) is 9.59 Å². The standard InChI is InChI=1S/C27H54N2O3/c1-4-5-6-7-8-9-10-11-12-13-14-15-16-17-18-19-23-26(30)28-24-21-20-22-25(27(31)32)29(2)3/h25H,4-24H2,1-3H3,(H,28,30)(H,31,32)/t25-/m0/s1. The van der Waals surface area contributed by atoms with Gasteiger partial charge in [-0.2, -0.15) is 0 Å². The molecule has 190 valence electrons. The summed E-state index contributed by atoms with van der Waals surface area (Å²) in [7, 11) is 3.58. The number of hydrogen-bond donors (Lipinski definition) is 2.